The maximum Gasteiger partial charge on any atom is 0.410 e. The predicted octanol–water partition coefficient (Wildman–Crippen LogP) is 4.20. The fourth-order valence-corrected chi connectivity index (χ4v) is 3.66. The number of amides is 1. The van der Waals surface area contributed by atoms with Crippen LogP contribution in [0.2, 0.25) is 5.02 Å². The molecule has 0 radical (unpaired) electrons. The number of nitroso groups, excluding NO2 is 1. The molecule has 1 saturated heterocycles. The third kappa shape index (κ3) is 5.90. The lowest BCUT2D eigenvalue weighted by molar-refractivity contribution is -0.0369. The van der Waals surface area contributed by atoms with Crippen molar-refractivity contribution in [2.75, 3.05) is 26.2 Å². The molecule has 0 saturated carbocycles. The quantitative estimate of drug-likeness (QED) is 0.559. The number of aryl methyl sites for hydroxylation is 1. The number of nitrogens with two attached hydrogens (primary N) is 1. The first-order valence-corrected chi connectivity index (χ1v) is 9.87. The van der Waals surface area contributed by atoms with E-state index in [9.17, 15) is 9.70 Å². The largest absolute Gasteiger partial charge is 0.444 e. The Hall–Kier alpha value is -1.70. The van der Waals surface area contributed by atoms with Gasteiger partial charge in [0.15, 0.2) is 0 Å². The third-order valence-electron chi connectivity index (χ3n) is 4.72. The van der Waals surface area contributed by atoms with E-state index in [-0.39, 0.29) is 19.7 Å². The monoisotopic (exact) mass is 411 g/mol. The SMILES string of the molecule is Cc1ccc(Cl)cc1C(OCCN=O)C1(N)CCCN(C(=O)OC(C)(C)C)C1. The molecule has 0 spiro atoms. The van der Waals surface area contributed by atoms with Gasteiger partial charge in [-0.15, -0.1) is 0 Å². The predicted molar refractivity (Wildman–Crippen MR) is 110 cm³/mol. The zero-order valence-electron chi connectivity index (χ0n) is 17.0. The van der Waals surface area contributed by atoms with Crippen LogP contribution < -0.4 is 5.73 Å². The Morgan fingerprint density at radius 2 is 2.14 bits per heavy atom. The van der Waals surface area contributed by atoms with E-state index < -0.39 is 23.3 Å². The Bertz CT molecular complexity index is 707. The summed E-state index contributed by atoms with van der Waals surface area (Å²) in [5, 5.41) is 3.44. The smallest absolute Gasteiger partial charge is 0.410 e. The molecule has 1 aromatic carbocycles. The molecule has 28 heavy (non-hydrogen) atoms. The van der Waals surface area contributed by atoms with Crippen LogP contribution in [-0.2, 0) is 9.47 Å². The van der Waals surface area contributed by atoms with Crippen LogP contribution >= 0.6 is 11.6 Å². The molecule has 8 heteroatoms. The first-order chi connectivity index (χ1) is 13.1. The molecule has 2 unspecified atom stereocenters. The lowest BCUT2D eigenvalue weighted by Gasteiger charge is -2.45. The zero-order valence-corrected chi connectivity index (χ0v) is 17.8. The van der Waals surface area contributed by atoms with Gasteiger partial charge in [-0.3, -0.25) is 0 Å². The van der Waals surface area contributed by atoms with E-state index in [0.29, 0.717) is 18.0 Å². The molecule has 2 N–H and O–H groups in total. The summed E-state index contributed by atoms with van der Waals surface area (Å²) in [4.78, 5) is 24.7. The number of likely N-dealkylation sites (tertiary alicyclic amines) is 1. The van der Waals surface area contributed by atoms with Crippen molar-refractivity contribution in [3.8, 4) is 0 Å². The normalized spacial score (nSPS) is 21.3. The van der Waals surface area contributed by atoms with Crippen molar-refractivity contribution in [2.24, 2.45) is 10.9 Å². The molecule has 1 heterocycles. The van der Waals surface area contributed by atoms with Gasteiger partial charge in [0.2, 0.25) is 0 Å². The minimum absolute atomic E-state index is 0.0297. The summed E-state index contributed by atoms with van der Waals surface area (Å²) in [6, 6.07) is 5.54. The molecular formula is C20H30ClN3O4. The molecule has 2 rings (SSSR count). The topological polar surface area (TPSA) is 94.2 Å². The van der Waals surface area contributed by atoms with Gasteiger partial charge < -0.3 is 20.1 Å². The van der Waals surface area contributed by atoms with Crippen LogP contribution in [0, 0.1) is 11.8 Å². The lowest BCUT2D eigenvalue weighted by Crippen LogP contribution is -2.60. The van der Waals surface area contributed by atoms with Gasteiger partial charge in [0.05, 0.1) is 12.1 Å². The van der Waals surface area contributed by atoms with Crippen molar-refractivity contribution >= 4 is 17.7 Å². The molecule has 0 aliphatic carbocycles. The third-order valence-corrected chi connectivity index (χ3v) is 4.96. The fourth-order valence-electron chi connectivity index (χ4n) is 3.48. The summed E-state index contributed by atoms with van der Waals surface area (Å²) in [5.41, 5.74) is 7.21. The second-order valence-corrected chi connectivity index (χ2v) is 8.78. The average molecular weight is 412 g/mol. The number of nitrogens with zero attached hydrogens (tertiary/aromatic N) is 2. The van der Waals surface area contributed by atoms with Crippen LogP contribution in [-0.4, -0.2) is 48.4 Å². The minimum atomic E-state index is -0.840. The van der Waals surface area contributed by atoms with Gasteiger partial charge in [0, 0.05) is 18.1 Å². The first-order valence-electron chi connectivity index (χ1n) is 9.49. The summed E-state index contributed by atoms with van der Waals surface area (Å²) in [5.74, 6) is 0. The number of piperidine rings is 1. The number of benzene rings is 1. The number of rotatable bonds is 6. The summed E-state index contributed by atoms with van der Waals surface area (Å²) in [6.45, 7) is 8.48. The maximum absolute atomic E-state index is 12.6. The lowest BCUT2D eigenvalue weighted by atomic mass is 9.80. The Balaban J connectivity index is 2.30. The van der Waals surface area contributed by atoms with E-state index >= 15 is 0 Å². The number of halogens is 1. The van der Waals surface area contributed by atoms with E-state index in [1.165, 1.54) is 0 Å². The number of hydrogen-bond donors (Lipinski definition) is 1. The van der Waals surface area contributed by atoms with Crippen molar-refractivity contribution in [3.63, 3.8) is 0 Å². The van der Waals surface area contributed by atoms with Gasteiger partial charge in [-0.05, 0) is 63.8 Å². The highest BCUT2D eigenvalue weighted by atomic mass is 35.5. The van der Waals surface area contributed by atoms with Gasteiger partial charge in [-0.1, -0.05) is 22.8 Å². The molecule has 7 nitrogen and oxygen atoms in total. The van der Waals surface area contributed by atoms with E-state index in [1.54, 1.807) is 4.90 Å². The summed E-state index contributed by atoms with van der Waals surface area (Å²) < 4.78 is 11.5. The number of carbonyl (C=O) groups excluding carboxylic acids is 1. The fraction of sp³-hybridized carbons (Fsp3) is 0.650. The van der Waals surface area contributed by atoms with E-state index in [4.69, 9.17) is 26.8 Å². The Morgan fingerprint density at radius 3 is 2.79 bits per heavy atom. The highest BCUT2D eigenvalue weighted by Crippen LogP contribution is 2.37. The van der Waals surface area contributed by atoms with Gasteiger partial charge in [0.25, 0.3) is 0 Å². The Labute approximate surface area is 171 Å². The molecule has 1 fully saturated rings. The Morgan fingerprint density at radius 1 is 1.43 bits per heavy atom. The van der Waals surface area contributed by atoms with E-state index in [1.807, 2.05) is 45.9 Å². The number of carbonyl (C=O) groups is 1. The van der Waals surface area contributed by atoms with E-state index in [2.05, 4.69) is 5.18 Å². The molecule has 1 aromatic rings. The van der Waals surface area contributed by atoms with Crippen LogP contribution in [0.5, 0.6) is 0 Å². The van der Waals surface area contributed by atoms with E-state index in [0.717, 1.165) is 17.5 Å². The molecule has 1 aliphatic heterocycles. The molecule has 1 amide bonds. The second kappa shape index (κ2) is 9.20. The van der Waals surface area contributed by atoms with Gasteiger partial charge in [-0.2, -0.15) is 4.91 Å². The summed E-state index contributed by atoms with van der Waals surface area (Å²) in [6.07, 6.45) is 0.467. The highest BCUT2D eigenvalue weighted by molar-refractivity contribution is 6.30. The summed E-state index contributed by atoms with van der Waals surface area (Å²) >= 11 is 6.21. The zero-order chi connectivity index (χ0) is 20.9. The van der Waals surface area contributed by atoms with Crippen LogP contribution in [0.4, 0.5) is 4.79 Å². The number of hydrogen-bond acceptors (Lipinski definition) is 6. The molecule has 0 aromatic heterocycles. The average Bonchev–Trinajstić information content (AvgIpc) is 2.59. The van der Waals surface area contributed by atoms with Crippen molar-refractivity contribution in [1.29, 1.82) is 0 Å². The number of ether oxygens (including phenoxy) is 2. The van der Waals surface area contributed by atoms with Gasteiger partial charge in [0.1, 0.15) is 18.2 Å². The molecule has 156 valence electrons. The van der Waals surface area contributed by atoms with Crippen LogP contribution in [0.1, 0.15) is 50.8 Å². The molecule has 2 atom stereocenters. The standard InChI is InChI=1S/C20H30ClN3O4/c1-14-6-7-15(21)12-16(14)17(27-11-9-23-26)20(22)8-5-10-24(13-20)18(25)28-19(2,3)4/h6-7,12,17H,5,8-11,13,22H2,1-4H3. The van der Waals surface area contributed by atoms with Crippen molar-refractivity contribution in [2.45, 2.75) is 57.8 Å². The van der Waals surface area contributed by atoms with Crippen LogP contribution in [0.3, 0.4) is 0 Å². The minimum Gasteiger partial charge on any atom is -0.444 e. The van der Waals surface area contributed by atoms with Gasteiger partial charge in [-0.25, -0.2) is 4.79 Å². The van der Waals surface area contributed by atoms with Crippen LogP contribution in [0.25, 0.3) is 0 Å². The Kier molecular flexibility index (Phi) is 7.42. The van der Waals surface area contributed by atoms with Gasteiger partial charge >= 0.3 is 6.09 Å². The van der Waals surface area contributed by atoms with Crippen molar-refractivity contribution in [3.05, 3.63) is 39.3 Å². The van der Waals surface area contributed by atoms with Crippen LogP contribution in [0.15, 0.2) is 23.4 Å². The molecule has 1 aliphatic rings. The second-order valence-electron chi connectivity index (χ2n) is 8.34. The first kappa shape index (κ1) is 22.6. The summed E-state index contributed by atoms with van der Waals surface area (Å²) in [7, 11) is 0. The maximum atomic E-state index is 12.6. The molecular weight excluding hydrogens is 382 g/mol. The highest BCUT2D eigenvalue weighted by Gasteiger charge is 2.43. The molecule has 0 bridgehead atoms. The van der Waals surface area contributed by atoms with Crippen molar-refractivity contribution < 1.29 is 14.3 Å². The van der Waals surface area contributed by atoms with Crippen molar-refractivity contribution in [1.82, 2.24) is 4.90 Å².